The Hall–Kier alpha value is -1.14. The van der Waals surface area contributed by atoms with Gasteiger partial charge in [0, 0.05) is 19.4 Å². The summed E-state index contributed by atoms with van der Waals surface area (Å²) in [6, 6.07) is 0. The molecule has 0 fully saturated rings. The lowest BCUT2D eigenvalue weighted by Gasteiger charge is -2.27. The molecule has 0 aromatic heterocycles. The predicted octanol–water partition coefficient (Wildman–Crippen LogP) is 3.40. The van der Waals surface area contributed by atoms with Crippen LogP contribution in [0, 0.1) is 0 Å². The number of unbranched alkanes of at least 4 members (excludes halogenated alkanes) is 8. The number of nitrogens with one attached hydrogen (secondary N) is 1. The maximum absolute atomic E-state index is 11.7. The molecule has 0 saturated heterocycles. The third-order valence-corrected chi connectivity index (χ3v) is 4.33. The van der Waals surface area contributed by atoms with Gasteiger partial charge in [-0.1, -0.05) is 58.3 Å². The monoisotopic (exact) mass is 360 g/mol. The summed E-state index contributed by atoms with van der Waals surface area (Å²) in [5, 5.41) is 11.8. The van der Waals surface area contributed by atoms with Crippen LogP contribution in [0.5, 0.6) is 0 Å². The van der Waals surface area contributed by atoms with Gasteiger partial charge in [0.2, 0.25) is 5.91 Å². The van der Waals surface area contributed by atoms with E-state index in [9.17, 15) is 9.59 Å². The molecular weight excluding hydrogens is 320 g/mol. The molecule has 0 spiro atoms. The molecule has 0 aliphatic heterocycles. The second-order valence-electron chi connectivity index (χ2n) is 7.49. The Morgan fingerprint density at radius 1 is 0.880 bits per heavy atom. The summed E-state index contributed by atoms with van der Waals surface area (Å²) in [5.41, 5.74) is 0. The summed E-state index contributed by atoms with van der Waals surface area (Å²) in [6.07, 6.45) is 12.8. The molecule has 0 saturated carbocycles. The van der Waals surface area contributed by atoms with Crippen molar-refractivity contribution in [1.82, 2.24) is 5.32 Å². The molecule has 0 unspecified atom stereocenters. The Bertz CT molecular complexity index is 346. The molecule has 6 nitrogen and oxygen atoms in total. The fourth-order valence-electron chi connectivity index (χ4n) is 2.86. The van der Waals surface area contributed by atoms with Gasteiger partial charge in [-0.2, -0.15) is 0 Å². The van der Waals surface area contributed by atoms with Gasteiger partial charge in [0.05, 0.1) is 20.6 Å². The fourth-order valence-corrected chi connectivity index (χ4v) is 2.86. The van der Waals surface area contributed by atoms with Crippen molar-refractivity contribution in [3.63, 3.8) is 0 Å². The molecule has 0 rings (SSSR count). The van der Waals surface area contributed by atoms with Gasteiger partial charge in [-0.25, -0.2) is 4.79 Å². The van der Waals surface area contributed by atoms with E-state index < -0.39 is 5.97 Å². The first-order valence-corrected chi connectivity index (χ1v) is 9.68. The summed E-state index contributed by atoms with van der Waals surface area (Å²) in [7, 11) is 3.80. The van der Waals surface area contributed by atoms with Crippen LogP contribution in [0.25, 0.3) is 0 Å². The number of nitrogens with zero attached hydrogens (tertiary/aromatic N) is 1. The van der Waals surface area contributed by atoms with Crippen LogP contribution >= 0.6 is 0 Å². The molecule has 0 radical (unpaired) electrons. The standard InChI is InChI=1S/C19H38N2O3.H2O/c1-4-5-6-7-8-9-10-11-12-14-18(22)20-15-13-16-21(2,3)17-19(23)24;/h4-17H2,1-3H3,(H-,20,22,23,24);1H2. The van der Waals surface area contributed by atoms with Crippen LogP contribution in [0.4, 0.5) is 0 Å². The smallest absolute Gasteiger partial charge is 0.359 e. The van der Waals surface area contributed by atoms with Gasteiger partial charge in [-0.3, -0.25) is 4.79 Å². The van der Waals surface area contributed by atoms with E-state index in [1.807, 2.05) is 14.1 Å². The molecule has 0 aromatic rings. The highest BCUT2D eigenvalue weighted by Crippen LogP contribution is 2.10. The number of rotatable bonds is 16. The van der Waals surface area contributed by atoms with Gasteiger partial charge in [0.25, 0.3) is 0 Å². The van der Waals surface area contributed by atoms with Crippen LogP contribution in [0.1, 0.15) is 77.6 Å². The number of quaternary nitrogens is 1. The molecule has 0 heterocycles. The second-order valence-corrected chi connectivity index (χ2v) is 7.49. The Morgan fingerprint density at radius 2 is 1.40 bits per heavy atom. The zero-order valence-electron chi connectivity index (χ0n) is 16.6. The van der Waals surface area contributed by atoms with E-state index in [1.54, 1.807) is 0 Å². The van der Waals surface area contributed by atoms with Gasteiger partial charge in [0.15, 0.2) is 6.54 Å². The molecule has 0 aliphatic rings. The van der Waals surface area contributed by atoms with Crippen LogP contribution in [-0.2, 0) is 9.59 Å². The summed E-state index contributed by atoms with van der Waals surface area (Å²) in [5.74, 6) is -0.657. The third kappa shape index (κ3) is 19.0. The van der Waals surface area contributed by atoms with Crippen LogP contribution in [0.3, 0.4) is 0 Å². The van der Waals surface area contributed by atoms with Crippen molar-refractivity contribution < 1.29 is 24.7 Å². The number of likely N-dealkylation sites (N-methyl/N-ethyl adjacent to an activating group) is 1. The molecule has 3 N–H and O–H groups in total. The molecule has 25 heavy (non-hydrogen) atoms. The Morgan fingerprint density at radius 3 is 1.92 bits per heavy atom. The number of carboxylic acid groups (broad SMARTS) is 1. The van der Waals surface area contributed by atoms with Crippen molar-refractivity contribution in [1.29, 1.82) is 0 Å². The van der Waals surface area contributed by atoms with Gasteiger partial charge in [-0.05, 0) is 6.42 Å². The maximum Gasteiger partial charge on any atom is 0.359 e. The van der Waals surface area contributed by atoms with Gasteiger partial charge >= 0.3 is 5.97 Å². The SMILES string of the molecule is CCCCCCCCCCCC(=O)NCCC[N+](C)(C)CC(=O)O.[OH-]. The molecule has 0 aliphatic carbocycles. The van der Waals surface area contributed by atoms with E-state index in [0.717, 1.165) is 25.8 Å². The maximum atomic E-state index is 11.7. The Balaban J connectivity index is 0. The number of carboxylic acids is 1. The Labute approximate surface area is 153 Å². The molecule has 6 heteroatoms. The van der Waals surface area contributed by atoms with Crippen molar-refractivity contribution in [2.45, 2.75) is 77.6 Å². The largest absolute Gasteiger partial charge is 0.870 e. The highest BCUT2D eigenvalue weighted by molar-refractivity contribution is 5.75. The Kier molecular flexibility index (Phi) is 17.0. The normalized spacial score (nSPS) is 11.0. The lowest BCUT2D eigenvalue weighted by molar-refractivity contribution is -0.883. The summed E-state index contributed by atoms with van der Waals surface area (Å²) in [4.78, 5) is 22.5. The van der Waals surface area contributed by atoms with Crippen LogP contribution < -0.4 is 5.32 Å². The zero-order chi connectivity index (χ0) is 18.3. The molecule has 0 aromatic carbocycles. The van der Waals surface area contributed by atoms with Crippen molar-refractivity contribution in [2.24, 2.45) is 0 Å². The minimum absolute atomic E-state index is 0. The number of carbonyl (C=O) groups is 2. The highest BCUT2D eigenvalue weighted by atomic mass is 16.4. The third-order valence-electron chi connectivity index (χ3n) is 4.33. The molecular formula is C19H40N2O4. The van der Waals surface area contributed by atoms with E-state index in [-0.39, 0.29) is 17.9 Å². The number of hydrogen-bond acceptors (Lipinski definition) is 3. The van der Waals surface area contributed by atoms with E-state index in [2.05, 4.69) is 12.2 Å². The summed E-state index contributed by atoms with van der Waals surface area (Å²) < 4.78 is 0.448. The van der Waals surface area contributed by atoms with Crippen molar-refractivity contribution >= 4 is 11.9 Å². The lowest BCUT2D eigenvalue weighted by Crippen LogP contribution is -2.45. The lowest BCUT2D eigenvalue weighted by atomic mass is 10.1. The minimum Gasteiger partial charge on any atom is -0.870 e. The first-order chi connectivity index (χ1) is 11.4. The average molecular weight is 361 g/mol. The number of hydrogen-bond donors (Lipinski definition) is 2. The molecule has 0 atom stereocenters. The topological polar surface area (TPSA) is 96.4 Å². The highest BCUT2D eigenvalue weighted by Gasteiger charge is 2.18. The summed E-state index contributed by atoms with van der Waals surface area (Å²) in [6.45, 7) is 3.75. The summed E-state index contributed by atoms with van der Waals surface area (Å²) >= 11 is 0. The first-order valence-electron chi connectivity index (χ1n) is 9.68. The zero-order valence-corrected chi connectivity index (χ0v) is 16.6. The van der Waals surface area contributed by atoms with Gasteiger partial charge < -0.3 is 20.4 Å². The van der Waals surface area contributed by atoms with Gasteiger partial charge in [0.1, 0.15) is 0 Å². The average Bonchev–Trinajstić information content (AvgIpc) is 2.48. The van der Waals surface area contributed by atoms with Crippen LogP contribution in [0.15, 0.2) is 0 Å². The van der Waals surface area contributed by atoms with Gasteiger partial charge in [-0.15, -0.1) is 0 Å². The first kappa shape index (κ1) is 26.1. The quantitative estimate of drug-likeness (QED) is 0.326. The number of carbonyl (C=O) groups excluding carboxylic acids is 1. The predicted molar refractivity (Wildman–Crippen MR) is 101 cm³/mol. The van der Waals surface area contributed by atoms with Crippen molar-refractivity contribution in [3.05, 3.63) is 0 Å². The van der Waals surface area contributed by atoms with E-state index >= 15 is 0 Å². The van der Waals surface area contributed by atoms with E-state index in [4.69, 9.17) is 5.11 Å². The second kappa shape index (κ2) is 16.3. The number of aliphatic carboxylic acids is 1. The molecule has 1 amide bonds. The molecule has 0 bridgehead atoms. The van der Waals surface area contributed by atoms with Crippen molar-refractivity contribution in [3.8, 4) is 0 Å². The number of amides is 1. The molecule has 150 valence electrons. The van der Waals surface area contributed by atoms with Crippen molar-refractivity contribution in [2.75, 3.05) is 33.7 Å². The van der Waals surface area contributed by atoms with Crippen LogP contribution in [-0.4, -0.2) is 60.7 Å². The fraction of sp³-hybridized carbons (Fsp3) is 0.895. The van der Waals surface area contributed by atoms with E-state index in [1.165, 1.54) is 44.9 Å². The van der Waals surface area contributed by atoms with Crippen LogP contribution in [0.2, 0.25) is 0 Å². The van der Waals surface area contributed by atoms with E-state index in [0.29, 0.717) is 17.4 Å². The minimum atomic E-state index is -0.783.